The van der Waals surface area contributed by atoms with Crippen molar-refractivity contribution in [2.24, 2.45) is 4.99 Å². The molecule has 3 aromatic rings. The molecule has 0 N–H and O–H groups in total. The summed E-state index contributed by atoms with van der Waals surface area (Å²) in [4.78, 5) is 19.7. The lowest BCUT2D eigenvalue weighted by molar-refractivity contribution is -0.113. The number of halogens is 1. The van der Waals surface area contributed by atoms with Crippen LogP contribution >= 0.6 is 15.9 Å². The molecule has 0 unspecified atom stereocenters. The lowest BCUT2D eigenvalue weighted by Crippen LogP contribution is -2.32. The van der Waals surface area contributed by atoms with Crippen LogP contribution < -0.4 is 14.4 Å². The summed E-state index contributed by atoms with van der Waals surface area (Å²) >= 11 is 3.58. The predicted molar refractivity (Wildman–Crippen MR) is 122 cm³/mol. The third-order valence-electron chi connectivity index (χ3n) is 4.72. The van der Waals surface area contributed by atoms with Crippen LogP contribution in [0.4, 0.5) is 5.69 Å². The number of hydrogen-bond acceptors (Lipinski definition) is 4. The van der Waals surface area contributed by atoms with Gasteiger partial charge < -0.3 is 9.47 Å². The first-order valence-corrected chi connectivity index (χ1v) is 10.1. The van der Waals surface area contributed by atoms with Crippen LogP contribution in [-0.4, -0.2) is 26.0 Å². The summed E-state index contributed by atoms with van der Waals surface area (Å²) in [5.74, 6) is 1.85. The Morgan fingerprint density at radius 3 is 2.07 bits per heavy atom. The standard InChI is InChI=1S/C24H19BrN2O3/c1-29-18-11-7-16(8-12-18)15-22-24(28)27(17-9-13-19(30-2)14-10-17)23(26-22)20-5-3-4-6-21(20)25/h3-15H,1-2H3/b22-15+. The van der Waals surface area contributed by atoms with Crippen LogP contribution in [0.3, 0.4) is 0 Å². The van der Waals surface area contributed by atoms with Gasteiger partial charge in [-0.2, -0.15) is 0 Å². The predicted octanol–water partition coefficient (Wildman–Crippen LogP) is 5.30. The summed E-state index contributed by atoms with van der Waals surface area (Å²) in [5, 5.41) is 0. The van der Waals surface area contributed by atoms with E-state index in [0.29, 0.717) is 17.2 Å². The zero-order valence-electron chi connectivity index (χ0n) is 16.5. The van der Waals surface area contributed by atoms with Crippen LogP contribution in [-0.2, 0) is 4.79 Å². The number of hydrogen-bond donors (Lipinski definition) is 0. The summed E-state index contributed by atoms with van der Waals surface area (Å²) in [7, 11) is 3.23. The zero-order valence-corrected chi connectivity index (χ0v) is 18.1. The topological polar surface area (TPSA) is 51.1 Å². The third-order valence-corrected chi connectivity index (χ3v) is 5.42. The maximum Gasteiger partial charge on any atom is 0.282 e. The third kappa shape index (κ3) is 3.86. The van der Waals surface area contributed by atoms with E-state index in [4.69, 9.17) is 14.5 Å². The lowest BCUT2D eigenvalue weighted by Gasteiger charge is -2.19. The Kier molecular flexibility index (Phi) is 5.68. The van der Waals surface area contributed by atoms with Gasteiger partial charge in [-0.25, -0.2) is 4.99 Å². The smallest absolute Gasteiger partial charge is 0.282 e. The number of ether oxygens (including phenoxy) is 2. The summed E-state index contributed by atoms with van der Waals surface area (Å²) in [6, 6.07) is 22.5. The number of rotatable bonds is 5. The molecule has 0 radical (unpaired) electrons. The fraction of sp³-hybridized carbons (Fsp3) is 0.0833. The quantitative estimate of drug-likeness (QED) is 0.483. The van der Waals surface area contributed by atoms with Crippen molar-refractivity contribution in [1.29, 1.82) is 0 Å². The number of amidine groups is 1. The van der Waals surface area contributed by atoms with Crippen molar-refractivity contribution in [3.63, 3.8) is 0 Å². The number of benzene rings is 3. The monoisotopic (exact) mass is 462 g/mol. The number of anilines is 1. The van der Waals surface area contributed by atoms with E-state index in [1.807, 2.05) is 72.8 Å². The largest absolute Gasteiger partial charge is 0.497 e. The Balaban J connectivity index is 1.80. The van der Waals surface area contributed by atoms with Gasteiger partial charge >= 0.3 is 0 Å². The fourth-order valence-electron chi connectivity index (χ4n) is 3.17. The van der Waals surface area contributed by atoms with Gasteiger partial charge in [-0.05, 0) is 54.1 Å². The highest BCUT2D eigenvalue weighted by Gasteiger charge is 2.33. The molecule has 0 saturated heterocycles. The van der Waals surface area contributed by atoms with Gasteiger partial charge in [0.05, 0.1) is 19.9 Å². The number of methoxy groups -OCH3 is 2. The van der Waals surface area contributed by atoms with Crippen molar-refractivity contribution in [2.75, 3.05) is 19.1 Å². The first-order valence-electron chi connectivity index (χ1n) is 9.28. The summed E-state index contributed by atoms with van der Waals surface area (Å²) < 4.78 is 11.3. The van der Waals surface area contributed by atoms with E-state index < -0.39 is 0 Å². The Hall–Kier alpha value is -3.38. The molecule has 6 heteroatoms. The first kappa shape index (κ1) is 19.9. The van der Waals surface area contributed by atoms with E-state index in [0.717, 1.165) is 27.1 Å². The van der Waals surface area contributed by atoms with E-state index in [9.17, 15) is 4.79 Å². The second kappa shape index (κ2) is 8.55. The van der Waals surface area contributed by atoms with E-state index in [1.54, 1.807) is 25.2 Å². The maximum atomic E-state index is 13.4. The molecule has 4 rings (SSSR count). The van der Waals surface area contributed by atoms with Gasteiger partial charge in [-0.3, -0.25) is 9.69 Å². The highest BCUT2D eigenvalue weighted by atomic mass is 79.9. The highest BCUT2D eigenvalue weighted by molar-refractivity contribution is 9.10. The Morgan fingerprint density at radius 1 is 0.867 bits per heavy atom. The summed E-state index contributed by atoms with van der Waals surface area (Å²) in [6.07, 6.45) is 1.78. The molecule has 1 aliphatic rings. The minimum atomic E-state index is -0.193. The van der Waals surface area contributed by atoms with Gasteiger partial charge in [0.1, 0.15) is 23.0 Å². The average molecular weight is 463 g/mol. The summed E-state index contributed by atoms with van der Waals surface area (Å²) in [6.45, 7) is 0. The second-order valence-corrected chi connectivity index (χ2v) is 7.41. The SMILES string of the molecule is COc1ccc(/C=C2/N=C(c3ccccc3Br)N(c3ccc(OC)cc3)C2=O)cc1. The van der Waals surface area contributed by atoms with Gasteiger partial charge in [-0.15, -0.1) is 0 Å². The van der Waals surface area contributed by atoms with Gasteiger partial charge in [-0.1, -0.05) is 46.3 Å². The lowest BCUT2D eigenvalue weighted by atomic mass is 10.1. The van der Waals surface area contributed by atoms with Crippen molar-refractivity contribution >= 4 is 39.4 Å². The molecule has 0 fully saturated rings. The molecule has 150 valence electrons. The minimum absolute atomic E-state index is 0.193. The van der Waals surface area contributed by atoms with Gasteiger partial charge in [0.15, 0.2) is 0 Å². The molecular formula is C24H19BrN2O3. The molecule has 1 heterocycles. The van der Waals surface area contributed by atoms with Crippen molar-refractivity contribution in [1.82, 2.24) is 0 Å². The maximum absolute atomic E-state index is 13.4. The number of aliphatic imine (C=N–C) groups is 1. The Labute approximate surface area is 183 Å². The van der Waals surface area contributed by atoms with Crippen LogP contribution in [0.15, 0.2) is 88.0 Å². The van der Waals surface area contributed by atoms with Crippen LogP contribution in [0.2, 0.25) is 0 Å². The van der Waals surface area contributed by atoms with Gasteiger partial charge in [0.2, 0.25) is 0 Å². The zero-order chi connectivity index (χ0) is 21.1. The number of amides is 1. The summed E-state index contributed by atoms with van der Waals surface area (Å²) in [5.41, 5.74) is 2.78. The van der Waals surface area contributed by atoms with E-state index in [2.05, 4.69) is 15.9 Å². The molecule has 0 aliphatic carbocycles. The first-order chi connectivity index (χ1) is 14.6. The van der Waals surface area contributed by atoms with Crippen LogP contribution in [0, 0.1) is 0 Å². The number of carbonyl (C=O) groups excluding carboxylic acids is 1. The molecule has 0 bridgehead atoms. The Bertz CT molecular complexity index is 1140. The molecule has 5 nitrogen and oxygen atoms in total. The van der Waals surface area contributed by atoms with E-state index in [-0.39, 0.29) is 5.91 Å². The second-order valence-electron chi connectivity index (χ2n) is 6.56. The normalized spacial score (nSPS) is 14.8. The molecule has 1 amide bonds. The Morgan fingerprint density at radius 2 is 1.47 bits per heavy atom. The molecule has 0 aromatic heterocycles. The van der Waals surface area contributed by atoms with Crippen molar-refractivity contribution in [3.05, 3.63) is 94.1 Å². The molecular weight excluding hydrogens is 444 g/mol. The van der Waals surface area contributed by atoms with Crippen LogP contribution in [0.25, 0.3) is 6.08 Å². The average Bonchev–Trinajstić information content (AvgIpc) is 3.10. The molecule has 30 heavy (non-hydrogen) atoms. The molecule has 0 saturated carbocycles. The number of carbonyl (C=O) groups is 1. The molecule has 1 aliphatic heterocycles. The fourth-order valence-corrected chi connectivity index (χ4v) is 3.63. The van der Waals surface area contributed by atoms with Crippen molar-refractivity contribution < 1.29 is 14.3 Å². The highest BCUT2D eigenvalue weighted by Crippen LogP contribution is 2.31. The van der Waals surface area contributed by atoms with Gasteiger partial charge in [0.25, 0.3) is 5.91 Å². The molecule has 3 aromatic carbocycles. The van der Waals surface area contributed by atoms with Crippen LogP contribution in [0.1, 0.15) is 11.1 Å². The van der Waals surface area contributed by atoms with E-state index >= 15 is 0 Å². The van der Waals surface area contributed by atoms with Crippen molar-refractivity contribution in [2.45, 2.75) is 0 Å². The number of nitrogens with zero attached hydrogens (tertiary/aromatic N) is 2. The van der Waals surface area contributed by atoms with Crippen molar-refractivity contribution in [3.8, 4) is 11.5 Å². The van der Waals surface area contributed by atoms with Gasteiger partial charge in [0, 0.05) is 10.0 Å². The molecule has 0 spiro atoms. The van der Waals surface area contributed by atoms with Crippen LogP contribution in [0.5, 0.6) is 11.5 Å². The molecule has 0 atom stereocenters. The minimum Gasteiger partial charge on any atom is -0.497 e. The van der Waals surface area contributed by atoms with E-state index in [1.165, 1.54) is 0 Å².